The van der Waals surface area contributed by atoms with Gasteiger partial charge in [0.15, 0.2) is 0 Å². The van der Waals surface area contributed by atoms with Crippen LogP contribution in [0.5, 0.6) is 5.75 Å². The monoisotopic (exact) mass is 419 g/mol. The summed E-state index contributed by atoms with van der Waals surface area (Å²) < 4.78 is 5.74. The number of carbonyl (C=O) groups excluding carboxylic acids is 2. The van der Waals surface area contributed by atoms with Gasteiger partial charge in [0.25, 0.3) is 11.8 Å². The van der Waals surface area contributed by atoms with E-state index < -0.39 is 0 Å². The van der Waals surface area contributed by atoms with Gasteiger partial charge in [0.2, 0.25) is 0 Å². The lowest BCUT2D eigenvalue weighted by Gasteiger charge is -2.33. The Morgan fingerprint density at radius 3 is 2.55 bits per heavy atom. The SMILES string of the molecule is CC1CCCN(C2=C(c3ccc(OC(C)C)cc3)C(=O)N(Cc3cccnc3)C2=O)C1. The summed E-state index contributed by atoms with van der Waals surface area (Å²) in [5, 5.41) is 0. The molecule has 0 saturated carbocycles. The number of aromatic nitrogens is 1. The van der Waals surface area contributed by atoms with Crippen LogP contribution in [0.25, 0.3) is 5.57 Å². The average Bonchev–Trinajstić information content (AvgIpc) is 2.99. The van der Waals surface area contributed by atoms with E-state index in [4.69, 9.17) is 4.74 Å². The first kappa shape index (κ1) is 21.1. The fourth-order valence-electron chi connectivity index (χ4n) is 4.30. The van der Waals surface area contributed by atoms with Gasteiger partial charge in [0.1, 0.15) is 11.4 Å². The smallest absolute Gasteiger partial charge is 0.278 e. The van der Waals surface area contributed by atoms with Crippen molar-refractivity contribution in [2.24, 2.45) is 5.92 Å². The summed E-state index contributed by atoms with van der Waals surface area (Å²) in [4.78, 5) is 34.5. The molecule has 2 aliphatic rings. The van der Waals surface area contributed by atoms with E-state index in [1.165, 1.54) is 4.90 Å². The first-order valence-corrected chi connectivity index (χ1v) is 11.0. The Balaban J connectivity index is 1.70. The molecule has 162 valence electrons. The molecule has 0 N–H and O–H groups in total. The van der Waals surface area contributed by atoms with E-state index in [1.807, 2.05) is 50.2 Å². The number of hydrogen-bond donors (Lipinski definition) is 0. The quantitative estimate of drug-likeness (QED) is 0.665. The van der Waals surface area contributed by atoms with E-state index in [2.05, 4.69) is 16.8 Å². The predicted octanol–water partition coefficient (Wildman–Crippen LogP) is 3.88. The lowest BCUT2D eigenvalue weighted by molar-refractivity contribution is -0.138. The highest BCUT2D eigenvalue weighted by molar-refractivity contribution is 6.35. The zero-order valence-electron chi connectivity index (χ0n) is 18.4. The number of imide groups is 1. The standard InChI is InChI=1S/C25H29N3O3/c1-17(2)31-21-10-8-20(9-11-21)22-23(27-13-5-6-18(3)15-27)25(30)28(24(22)29)16-19-7-4-12-26-14-19/h4,7-12,14,17-18H,5-6,13,15-16H2,1-3H3. The molecule has 2 aromatic rings. The lowest BCUT2D eigenvalue weighted by Crippen LogP contribution is -2.39. The Kier molecular flexibility index (Phi) is 6.07. The van der Waals surface area contributed by atoms with Gasteiger partial charge in [-0.15, -0.1) is 0 Å². The number of rotatable bonds is 6. The predicted molar refractivity (Wildman–Crippen MR) is 119 cm³/mol. The highest BCUT2D eigenvalue weighted by Gasteiger charge is 2.42. The summed E-state index contributed by atoms with van der Waals surface area (Å²) >= 11 is 0. The third-order valence-corrected chi connectivity index (χ3v) is 5.70. The molecule has 1 atom stereocenters. The van der Waals surface area contributed by atoms with Crippen molar-refractivity contribution in [1.29, 1.82) is 0 Å². The summed E-state index contributed by atoms with van der Waals surface area (Å²) in [7, 11) is 0. The maximum atomic E-state index is 13.5. The van der Waals surface area contributed by atoms with E-state index in [0.717, 1.165) is 42.8 Å². The van der Waals surface area contributed by atoms with Crippen LogP contribution in [0.2, 0.25) is 0 Å². The molecule has 1 saturated heterocycles. The molecule has 0 bridgehead atoms. The average molecular weight is 420 g/mol. The molecule has 0 radical (unpaired) electrons. The number of piperidine rings is 1. The first-order valence-electron chi connectivity index (χ1n) is 11.0. The molecular weight excluding hydrogens is 390 g/mol. The number of nitrogens with zero attached hydrogens (tertiary/aromatic N) is 3. The Bertz CT molecular complexity index is 983. The molecule has 4 rings (SSSR count). The third kappa shape index (κ3) is 4.48. The number of carbonyl (C=O) groups is 2. The fraction of sp³-hybridized carbons (Fsp3) is 0.400. The van der Waals surface area contributed by atoms with Crippen LogP contribution in [0.15, 0.2) is 54.5 Å². The molecular formula is C25H29N3O3. The molecule has 31 heavy (non-hydrogen) atoms. The number of pyridine rings is 1. The maximum absolute atomic E-state index is 13.5. The Morgan fingerprint density at radius 2 is 1.90 bits per heavy atom. The fourth-order valence-corrected chi connectivity index (χ4v) is 4.30. The molecule has 1 fully saturated rings. The normalized spacial score (nSPS) is 19.5. The maximum Gasteiger partial charge on any atom is 0.278 e. The van der Waals surface area contributed by atoms with Gasteiger partial charge in [-0.2, -0.15) is 0 Å². The van der Waals surface area contributed by atoms with Crippen molar-refractivity contribution in [3.8, 4) is 5.75 Å². The molecule has 6 nitrogen and oxygen atoms in total. The first-order chi connectivity index (χ1) is 14.9. The van der Waals surface area contributed by atoms with E-state index in [1.54, 1.807) is 12.4 Å². The van der Waals surface area contributed by atoms with Crippen molar-refractivity contribution in [3.63, 3.8) is 0 Å². The minimum atomic E-state index is -0.250. The van der Waals surface area contributed by atoms with Crippen LogP contribution in [0.3, 0.4) is 0 Å². The van der Waals surface area contributed by atoms with Crippen LogP contribution in [-0.4, -0.2) is 45.8 Å². The van der Waals surface area contributed by atoms with Crippen LogP contribution >= 0.6 is 0 Å². The van der Waals surface area contributed by atoms with Gasteiger partial charge in [0, 0.05) is 25.5 Å². The molecule has 1 aromatic carbocycles. The van der Waals surface area contributed by atoms with Crippen LogP contribution in [0.4, 0.5) is 0 Å². The van der Waals surface area contributed by atoms with Crippen molar-refractivity contribution >= 4 is 17.4 Å². The van der Waals surface area contributed by atoms with Gasteiger partial charge >= 0.3 is 0 Å². The van der Waals surface area contributed by atoms with Gasteiger partial charge in [-0.05, 0) is 61.9 Å². The molecule has 1 aromatic heterocycles. The topological polar surface area (TPSA) is 62.7 Å². The van der Waals surface area contributed by atoms with Gasteiger partial charge in [0.05, 0.1) is 18.2 Å². The summed E-state index contributed by atoms with van der Waals surface area (Å²) in [6.07, 6.45) is 5.60. The van der Waals surface area contributed by atoms with Crippen LogP contribution < -0.4 is 4.74 Å². The minimum absolute atomic E-state index is 0.0696. The zero-order chi connectivity index (χ0) is 22.0. The number of hydrogen-bond acceptors (Lipinski definition) is 5. The summed E-state index contributed by atoms with van der Waals surface area (Å²) in [6.45, 7) is 7.93. The largest absolute Gasteiger partial charge is 0.491 e. The summed E-state index contributed by atoms with van der Waals surface area (Å²) in [5.74, 6) is 0.760. The number of amides is 2. The van der Waals surface area contributed by atoms with Crippen LogP contribution in [0, 0.1) is 5.92 Å². The van der Waals surface area contributed by atoms with Crippen LogP contribution in [-0.2, 0) is 16.1 Å². The third-order valence-electron chi connectivity index (χ3n) is 5.70. The molecule has 2 aliphatic heterocycles. The Morgan fingerprint density at radius 1 is 1.13 bits per heavy atom. The number of benzene rings is 1. The van der Waals surface area contributed by atoms with Gasteiger partial charge in [-0.1, -0.05) is 25.1 Å². The molecule has 0 spiro atoms. The van der Waals surface area contributed by atoms with Crippen molar-refractivity contribution in [3.05, 3.63) is 65.6 Å². The number of ether oxygens (including phenoxy) is 1. The van der Waals surface area contributed by atoms with E-state index in [0.29, 0.717) is 17.2 Å². The molecule has 3 heterocycles. The van der Waals surface area contributed by atoms with E-state index in [-0.39, 0.29) is 24.5 Å². The molecule has 2 amide bonds. The lowest BCUT2D eigenvalue weighted by atomic mass is 9.97. The Hall–Kier alpha value is -3.15. The van der Waals surface area contributed by atoms with E-state index in [9.17, 15) is 9.59 Å². The van der Waals surface area contributed by atoms with Gasteiger partial charge in [-0.3, -0.25) is 19.5 Å². The van der Waals surface area contributed by atoms with Crippen molar-refractivity contribution in [2.45, 2.75) is 46.3 Å². The molecule has 6 heteroatoms. The van der Waals surface area contributed by atoms with Crippen LogP contribution in [0.1, 0.15) is 44.7 Å². The molecule has 1 unspecified atom stereocenters. The van der Waals surface area contributed by atoms with Gasteiger partial charge < -0.3 is 9.64 Å². The highest BCUT2D eigenvalue weighted by Crippen LogP contribution is 2.35. The Labute approximate surface area is 183 Å². The highest BCUT2D eigenvalue weighted by atomic mass is 16.5. The van der Waals surface area contributed by atoms with E-state index >= 15 is 0 Å². The van der Waals surface area contributed by atoms with Crippen molar-refractivity contribution < 1.29 is 14.3 Å². The van der Waals surface area contributed by atoms with Gasteiger partial charge in [-0.25, -0.2) is 0 Å². The second-order valence-electron chi connectivity index (χ2n) is 8.67. The summed E-state index contributed by atoms with van der Waals surface area (Å²) in [5.41, 5.74) is 2.59. The second kappa shape index (κ2) is 8.92. The summed E-state index contributed by atoms with van der Waals surface area (Å²) in [6, 6.07) is 11.2. The minimum Gasteiger partial charge on any atom is -0.491 e. The van der Waals surface area contributed by atoms with Crippen molar-refractivity contribution in [1.82, 2.24) is 14.8 Å². The van der Waals surface area contributed by atoms with Crippen molar-refractivity contribution in [2.75, 3.05) is 13.1 Å². The number of likely N-dealkylation sites (tertiary alicyclic amines) is 1. The second-order valence-corrected chi connectivity index (χ2v) is 8.67. The molecule has 0 aliphatic carbocycles. The zero-order valence-corrected chi connectivity index (χ0v) is 18.4.